The van der Waals surface area contributed by atoms with Crippen LogP contribution in [0.3, 0.4) is 0 Å². The highest BCUT2D eigenvalue weighted by atomic mass is 32.3. The molecule has 0 radical (unpaired) electrons. The van der Waals surface area contributed by atoms with Crippen molar-refractivity contribution in [3.8, 4) is 0 Å². The van der Waals surface area contributed by atoms with E-state index in [2.05, 4.69) is 5.32 Å². The fraction of sp³-hybridized carbons (Fsp3) is 0.750. The summed E-state index contributed by atoms with van der Waals surface area (Å²) >= 11 is 1.73. The third-order valence-corrected chi connectivity index (χ3v) is 1.23. The van der Waals surface area contributed by atoms with Crippen LogP contribution in [0.25, 0.3) is 0 Å². The summed E-state index contributed by atoms with van der Waals surface area (Å²) in [6.45, 7) is 0.788. The summed E-state index contributed by atoms with van der Waals surface area (Å²) in [7, 11) is -4.67. The van der Waals surface area contributed by atoms with Crippen molar-refractivity contribution in [1.29, 1.82) is 5.41 Å². The molecule has 0 atom stereocenters. The molecule has 0 aliphatic rings. The van der Waals surface area contributed by atoms with Crippen LogP contribution in [0.5, 0.6) is 0 Å². The van der Waals surface area contributed by atoms with Crippen molar-refractivity contribution in [2.45, 2.75) is 0 Å². The zero-order chi connectivity index (χ0) is 10.9. The summed E-state index contributed by atoms with van der Waals surface area (Å²) in [5.74, 6) is 1.05. The molecule has 7 nitrogen and oxygen atoms in total. The van der Waals surface area contributed by atoms with Gasteiger partial charge in [0.2, 0.25) is 0 Å². The van der Waals surface area contributed by atoms with Crippen molar-refractivity contribution >= 4 is 28.1 Å². The molecule has 0 saturated heterocycles. The maximum atomic E-state index is 8.74. The molecule has 0 aromatic heterocycles. The Morgan fingerprint density at radius 1 is 1.62 bits per heavy atom. The van der Waals surface area contributed by atoms with E-state index in [0.29, 0.717) is 0 Å². The number of hydrogen-bond acceptors (Lipinski definition) is 4. The van der Waals surface area contributed by atoms with Gasteiger partial charge in [-0.3, -0.25) is 14.5 Å². The average molecular weight is 231 g/mol. The minimum Gasteiger partial charge on any atom is -0.370 e. The van der Waals surface area contributed by atoms with Gasteiger partial charge in [-0.05, 0) is 6.26 Å². The van der Waals surface area contributed by atoms with E-state index in [1.807, 2.05) is 6.26 Å². The third-order valence-electron chi connectivity index (χ3n) is 0.622. The molecule has 0 fully saturated rings. The minimum absolute atomic E-state index is 0.0547. The van der Waals surface area contributed by atoms with Crippen LogP contribution in [0.4, 0.5) is 0 Å². The number of thioether (sulfide) groups is 1. The lowest BCUT2D eigenvalue weighted by Crippen LogP contribution is -2.31. The van der Waals surface area contributed by atoms with E-state index >= 15 is 0 Å². The van der Waals surface area contributed by atoms with Crippen molar-refractivity contribution in [3.05, 3.63) is 0 Å². The van der Waals surface area contributed by atoms with Crippen molar-refractivity contribution in [1.82, 2.24) is 5.32 Å². The molecule has 0 spiro atoms. The van der Waals surface area contributed by atoms with Crippen LogP contribution in [-0.4, -0.2) is 42.0 Å². The van der Waals surface area contributed by atoms with Gasteiger partial charge in [0, 0.05) is 12.3 Å². The molecule has 0 aromatic rings. The van der Waals surface area contributed by atoms with E-state index in [0.717, 1.165) is 12.3 Å². The summed E-state index contributed by atoms with van der Waals surface area (Å²) in [4.78, 5) is 0. The Kier molecular flexibility index (Phi) is 9.34. The first-order valence-electron chi connectivity index (χ1n) is 3.04. The second-order valence-corrected chi connectivity index (χ2v) is 3.66. The molecule has 0 unspecified atom stereocenters. The molecule has 0 aliphatic carbocycles. The summed E-state index contributed by atoms with van der Waals surface area (Å²) in [6.07, 6.45) is 2.02. The molecule has 80 valence electrons. The zero-order valence-corrected chi connectivity index (χ0v) is 8.65. The van der Waals surface area contributed by atoms with Crippen molar-refractivity contribution in [2.24, 2.45) is 5.73 Å². The molecule has 0 rings (SSSR count). The smallest absolute Gasteiger partial charge is 0.370 e. The Labute approximate surface area is 81.2 Å². The monoisotopic (exact) mass is 231 g/mol. The van der Waals surface area contributed by atoms with Gasteiger partial charge in [-0.25, -0.2) is 0 Å². The number of hydrogen-bond donors (Lipinski definition) is 5. The van der Waals surface area contributed by atoms with Crippen molar-refractivity contribution < 1.29 is 17.5 Å². The number of nitrogens with two attached hydrogens (primary N) is 1. The highest BCUT2D eigenvalue weighted by Gasteiger charge is 1.84. The maximum Gasteiger partial charge on any atom is 0.394 e. The molecule has 13 heavy (non-hydrogen) atoms. The highest BCUT2D eigenvalue weighted by molar-refractivity contribution is 7.98. The van der Waals surface area contributed by atoms with Gasteiger partial charge < -0.3 is 11.1 Å². The second-order valence-electron chi connectivity index (χ2n) is 1.78. The molecule has 0 heterocycles. The normalized spacial score (nSPS) is 9.77. The van der Waals surface area contributed by atoms with Crippen LogP contribution in [0.15, 0.2) is 0 Å². The quantitative estimate of drug-likeness (QED) is 0.185. The lowest BCUT2D eigenvalue weighted by Gasteiger charge is -1.98. The molecule has 0 bridgehead atoms. The van der Waals surface area contributed by atoms with E-state index in [1.165, 1.54) is 0 Å². The topological polar surface area (TPSA) is 136 Å². The number of nitrogens with one attached hydrogen (secondary N) is 2. The van der Waals surface area contributed by atoms with E-state index in [1.54, 1.807) is 11.8 Å². The average Bonchev–Trinajstić information content (AvgIpc) is 1.83. The molecule has 0 aromatic carbocycles. The van der Waals surface area contributed by atoms with E-state index in [-0.39, 0.29) is 5.96 Å². The number of guanidine groups is 1. The first-order valence-corrected chi connectivity index (χ1v) is 5.83. The van der Waals surface area contributed by atoms with Gasteiger partial charge in [0.05, 0.1) is 0 Å². The van der Waals surface area contributed by atoms with Crippen LogP contribution in [0, 0.1) is 5.41 Å². The van der Waals surface area contributed by atoms with Crippen molar-refractivity contribution in [2.75, 3.05) is 18.6 Å². The van der Waals surface area contributed by atoms with Gasteiger partial charge in [-0.1, -0.05) is 0 Å². The van der Waals surface area contributed by atoms with Gasteiger partial charge in [0.25, 0.3) is 0 Å². The van der Waals surface area contributed by atoms with Gasteiger partial charge in [-0.15, -0.1) is 0 Å². The van der Waals surface area contributed by atoms with E-state index in [4.69, 9.17) is 28.7 Å². The predicted molar refractivity (Wildman–Crippen MR) is 52.5 cm³/mol. The summed E-state index contributed by atoms with van der Waals surface area (Å²) in [5.41, 5.74) is 5.00. The first kappa shape index (κ1) is 15.0. The lowest BCUT2D eigenvalue weighted by atomic mass is 10.7. The summed E-state index contributed by atoms with van der Waals surface area (Å²) in [6, 6.07) is 0. The van der Waals surface area contributed by atoms with E-state index in [9.17, 15) is 0 Å². The molecule has 0 saturated carbocycles. The van der Waals surface area contributed by atoms with Crippen LogP contribution >= 0.6 is 11.8 Å². The Morgan fingerprint density at radius 2 is 2.00 bits per heavy atom. The maximum absolute atomic E-state index is 8.74. The SMILES string of the molecule is CSCCNC(=N)N.O=S(=O)(O)O. The Hall–Kier alpha value is -0.510. The summed E-state index contributed by atoms with van der Waals surface area (Å²) < 4.78 is 31.6. The molecule has 9 heteroatoms. The fourth-order valence-electron chi connectivity index (χ4n) is 0.288. The Morgan fingerprint density at radius 3 is 2.23 bits per heavy atom. The van der Waals surface area contributed by atoms with Gasteiger partial charge in [0.15, 0.2) is 5.96 Å². The van der Waals surface area contributed by atoms with Crippen LogP contribution in [-0.2, 0) is 10.4 Å². The standard InChI is InChI=1S/C4H11N3S.H2O4S/c1-8-3-2-7-4(5)6;1-5(2,3)4/h2-3H2,1H3,(H4,5,6,7);(H2,1,2,3,4). The zero-order valence-electron chi connectivity index (χ0n) is 7.02. The fourth-order valence-corrected chi connectivity index (χ4v) is 0.594. The lowest BCUT2D eigenvalue weighted by molar-refractivity contribution is 0.381. The van der Waals surface area contributed by atoms with Gasteiger partial charge in [0.1, 0.15) is 0 Å². The molecule has 6 N–H and O–H groups in total. The molecule has 0 amide bonds. The van der Waals surface area contributed by atoms with Crippen LogP contribution < -0.4 is 11.1 Å². The second kappa shape index (κ2) is 8.10. The number of rotatable bonds is 3. The Bertz CT molecular complexity index is 220. The molecular weight excluding hydrogens is 218 g/mol. The highest BCUT2D eigenvalue weighted by Crippen LogP contribution is 1.85. The predicted octanol–water partition coefficient (Wildman–Crippen LogP) is -0.820. The minimum atomic E-state index is -4.67. The van der Waals surface area contributed by atoms with Crippen LogP contribution in [0.1, 0.15) is 0 Å². The third kappa shape index (κ3) is 51.3. The van der Waals surface area contributed by atoms with Crippen LogP contribution in [0.2, 0.25) is 0 Å². The summed E-state index contributed by atoms with van der Waals surface area (Å²) in [5, 5.41) is 9.42. The van der Waals surface area contributed by atoms with Crippen molar-refractivity contribution in [3.63, 3.8) is 0 Å². The largest absolute Gasteiger partial charge is 0.394 e. The Balaban J connectivity index is 0. The van der Waals surface area contributed by atoms with Gasteiger partial charge >= 0.3 is 10.4 Å². The first-order chi connectivity index (χ1) is 5.77. The van der Waals surface area contributed by atoms with E-state index < -0.39 is 10.4 Å². The van der Waals surface area contributed by atoms with Gasteiger partial charge in [-0.2, -0.15) is 20.2 Å². The molecular formula is C4H13N3O4S2. The molecule has 0 aliphatic heterocycles.